The first kappa shape index (κ1) is 21.5. The lowest BCUT2D eigenvalue weighted by Gasteiger charge is -2.39. The molecule has 0 saturated carbocycles. The Morgan fingerprint density at radius 3 is 2.23 bits per heavy atom. The van der Waals surface area contributed by atoms with Crippen LogP contribution in [0.4, 0.5) is 13.2 Å². The maximum absolute atomic E-state index is 12.9. The smallest absolute Gasteiger partial charge is 0.347 e. The van der Waals surface area contributed by atoms with Gasteiger partial charge < -0.3 is 14.4 Å². The fourth-order valence-electron chi connectivity index (χ4n) is 4.38. The predicted molar refractivity (Wildman–Crippen MR) is 104 cm³/mol. The van der Waals surface area contributed by atoms with Crippen LogP contribution in [-0.2, 0) is 27.0 Å². The molecule has 3 aliphatic heterocycles. The number of likely N-dealkylation sites (tertiary alicyclic amines) is 1. The van der Waals surface area contributed by atoms with Crippen molar-refractivity contribution in [1.29, 1.82) is 0 Å². The normalized spacial score (nSPS) is 23.2. The zero-order valence-electron chi connectivity index (χ0n) is 17.0. The van der Waals surface area contributed by atoms with Crippen molar-refractivity contribution < 1.29 is 27.4 Å². The zero-order chi connectivity index (χ0) is 21.2. The van der Waals surface area contributed by atoms with Crippen molar-refractivity contribution in [3.63, 3.8) is 0 Å². The number of alkyl halides is 3. The standard InChI is InChI=1S/C21H28F3N3O3/c22-21(23,24)18-3-1-2-17(14-18)15-25-8-10-26(11-9-25)16-19(28)27-6-4-20(5-7-27)29-12-13-30-20/h1-3,14H,4-13,15-16H2. The quantitative estimate of drug-likeness (QED) is 0.737. The van der Waals surface area contributed by atoms with Crippen LogP contribution in [0.25, 0.3) is 0 Å². The fourth-order valence-corrected chi connectivity index (χ4v) is 4.38. The summed E-state index contributed by atoms with van der Waals surface area (Å²) >= 11 is 0. The van der Waals surface area contributed by atoms with E-state index >= 15 is 0 Å². The van der Waals surface area contributed by atoms with Gasteiger partial charge in [-0.1, -0.05) is 18.2 Å². The van der Waals surface area contributed by atoms with E-state index < -0.39 is 17.5 Å². The van der Waals surface area contributed by atoms with Crippen molar-refractivity contribution in [2.75, 3.05) is 59.0 Å². The average Bonchev–Trinajstić information content (AvgIpc) is 3.17. The van der Waals surface area contributed by atoms with Gasteiger partial charge in [0.25, 0.3) is 0 Å². The first-order valence-electron chi connectivity index (χ1n) is 10.5. The van der Waals surface area contributed by atoms with Gasteiger partial charge >= 0.3 is 6.18 Å². The Balaban J connectivity index is 1.21. The lowest BCUT2D eigenvalue weighted by Crippen LogP contribution is -2.52. The van der Waals surface area contributed by atoms with Gasteiger partial charge in [-0.15, -0.1) is 0 Å². The number of hydrogen-bond acceptors (Lipinski definition) is 5. The van der Waals surface area contributed by atoms with Gasteiger partial charge in [-0.25, -0.2) is 0 Å². The van der Waals surface area contributed by atoms with E-state index in [-0.39, 0.29) is 5.91 Å². The number of piperidine rings is 1. The van der Waals surface area contributed by atoms with E-state index in [0.717, 1.165) is 32.2 Å². The number of benzene rings is 1. The third kappa shape index (κ3) is 5.14. The molecule has 3 saturated heterocycles. The summed E-state index contributed by atoms with van der Waals surface area (Å²) in [6.07, 6.45) is -2.90. The molecule has 1 aromatic carbocycles. The van der Waals surface area contributed by atoms with Crippen LogP contribution in [0.2, 0.25) is 0 Å². The molecular formula is C21H28F3N3O3. The molecule has 0 unspecified atom stereocenters. The van der Waals surface area contributed by atoms with E-state index in [1.54, 1.807) is 6.07 Å². The molecule has 0 aromatic heterocycles. The molecule has 6 nitrogen and oxygen atoms in total. The molecule has 3 heterocycles. The van der Waals surface area contributed by atoms with Gasteiger partial charge in [0.1, 0.15) is 0 Å². The molecular weight excluding hydrogens is 399 g/mol. The van der Waals surface area contributed by atoms with Crippen LogP contribution in [0, 0.1) is 0 Å². The van der Waals surface area contributed by atoms with Gasteiger partial charge in [-0.2, -0.15) is 13.2 Å². The third-order valence-corrected chi connectivity index (χ3v) is 6.18. The van der Waals surface area contributed by atoms with E-state index in [2.05, 4.69) is 9.80 Å². The first-order valence-corrected chi connectivity index (χ1v) is 10.5. The SMILES string of the molecule is O=C(CN1CCN(Cc2cccc(C(F)(F)F)c2)CC1)N1CCC2(CC1)OCCO2. The second-order valence-electron chi connectivity index (χ2n) is 8.24. The Hall–Kier alpha value is -1.68. The molecule has 1 spiro atoms. The van der Waals surface area contributed by atoms with E-state index in [9.17, 15) is 18.0 Å². The molecule has 166 valence electrons. The summed E-state index contributed by atoms with van der Waals surface area (Å²) in [6, 6.07) is 5.50. The van der Waals surface area contributed by atoms with Crippen molar-refractivity contribution in [3.8, 4) is 0 Å². The summed E-state index contributed by atoms with van der Waals surface area (Å²) < 4.78 is 50.1. The minimum atomic E-state index is -4.32. The fraction of sp³-hybridized carbons (Fsp3) is 0.667. The van der Waals surface area contributed by atoms with Crippen LogP contribution in [0.5, 0.6) is 0 Å². The topological polar surface area (TPSA) is 45.3 Å². The molecule has 1 aromatic rings. The summed E-state index contributed by atoms with van der Waals surface area (Å²) in [5, 5.41) is 0. The first-order chi connectivity index (χ1) is 14.3. The summed E-state index contributed by atoms with van der Waals surface area (Å²) in [6.45, 7) is 6.33. The molecule has 0 atom stereocenters. The Morgan fingerprint density at radius 2 is 1.60 bits per heavy atom. The maximum Gasteiger partial charge on any atom is 0.416 e. The minimum absolute atomic E-state index is 0.120. The second-order valence-corrected chi connectivity index (χ2v) is 8.24. The zero-order valence-corrected chi connectivity index (χ0v) is 17.0. The van der Waals surface area contributed by atoms with Crippen LogP contribution < -0.4 is 0 Å². The summed E-state index contributed by atoms with van der Waals surface area (Å²) in [4.78, 5) is 18.8. The van der Waals surface area contributed by atoms with E-state index in [1.807, 2.05) is 4.90 Å². The number of nitrogens with zero attached hydrogens (tertiary/aromatic N) is 3. The van der Waals surface area contributed by atoms with Gasteiger partial charge in [0.05, 0.1) is 25.3 Å². The van der Waals surface area contributed by atoms with Crippen LogP contribution in [0.3, 0.4) is 0 Å². The molecule has 0 radical (unpaired) electrons. The summed E-state index contributed by atoms with van der Waals surface area (Å²) in [5.74, 6) is -0.361. The third-order valence-electron chi connectivity index (χ3n) is 6.18. The second kappa shape index (κ2) is 8.82. The van der Waals surface area contributed by atoms with Crippen molar-refractivity contribution in [3.05, 3.63) is 35.4 Å². The van der Waals surface area contributed by atoms with Crippen molar-refractivity contribution >= 4 is 5.91 Å². The Morgan fingerprint density at radius 1 is 0.967 bits per heavy atom. The van der Waals surface area contributed by atoms with Gasteiger partial charge in [0.2, 0.25) is 5.91 Å². The lowest BCUT2D eigenvalue weighted by molar-refractivity contribution is -0.187. The Labute approximate surface area is 174 Å². The summed E-state index contributed by atoms with van der Waals surface area (Å²) in [7, 11) is 0. The molecule has 9 heteroatoms. The molecule has 0 bridgehead atoms. The largest absolute Gasteiger partial charge is 0.416 e. The molecule has 3 fully saturated rings. The Kier molecular flexibility index (Phi) is 6.34. The van der Waals surface area contributed by atoms with Crippen LogP contribution in [-0.4, -0.2) is 85.4 Å². The van der Waals surface area contributed by atoms with Crippen LogP contribution in [0.15, 0.2) is 24.3 Å². The predicted octanol–water partition coefficient (Wildman–Crippen LogP) is 2.19. The highest BCUT2D eigenvalue weighted by Crippen LogP contribution is 2.31. The number of carbonyl (C=O) groups excluding carboxylic acids is 1. The monoisotopic (exact) mass is 427 g/mol. The lowest BCUT2D eigenvalue weighted by atomic mass is 10.0. The molecule has 0 N–H and O–H groups in total. The van der Waals surface area contributed by atoms with E-state index in [1.165, 1.54) is 12.1 Å². The van der Waals surface area contributed by atoms with E-state index in [0.29, 0.717) is 57.8 Å². The van der Waals surface area contributed by atoms with Gasteiger partial charge in [-0.05, 0) is 11.6 Å². The van der Waals surface area contributed by atoms with Crippen molar-refractivity contribution in [1.82, 2.24) is 14.7 Å². The average molecular weight is 427 g/mol. The van der Waals surface area contributed by atoms with Crippen LogP contribution >= 0.6 is 0 Å². The number of rotatable bonds is 4. The number of ether oxygens (including phenoxy) is 2. The van der Waals surface area contributed by atoms with E-state index in [4.69, 9.17) is 9.47 Å². The highest BCUT2D eigenvalue weighted by molar-refractivity contribution is 5.78. The number of carbonyl (C=O) groups is 1. The van der Waals surface area contributed by atoms with Gasteiger partial charge in [0, 0.05) is 58.7 Å². The van der Waals surface area contributed by atoms with Crippen LogP contribution in [0.1, 0.15) is 24.0 Å². The van der Waals surface area contributed by atoms with Gasteiger partial charge in [-0.3, -0.25) is 14.6 Å². The highest BCUT2D eigenvalue weighted by Gasteiger charge is 2.41. The molecule has 0 aliphatic carbocycles. The molecule has 4 rings (SSSR count). The number of amides is 1. The maximum atomic E-state index is 12.9. The molecule has 30 heavy (non-hydrogen) atoms. The number of hydrogen-bond donors (Lipinski definition) is 0. The highest BCUT2D eigenvalue weighted by atomic mass is 19.4. The summed E-state index contributed by atoms with van der Waals surface area (Å²) in [5.41, 5.74) is 0.0499. The Bertz CT molecular complexity index is 735. The van der Waals surface area contributed by atoms with Crippen molar-refractivity contribution in [2.24, 2.45) is 0 Å². The molecule has 1 amide bonds. The van der Waals surface area contributed by atoms with Gasteiger partial charge in [0.15, 0.2) is 5.79 Å². The molecule has 3 aliphatic rings. The van der Waals surface area contributed by atoms with Crippen molar-refractivity contribution in [2.45, 2.75) is 31.3 Å². The minimum Gasteiger partial charge on any atom is -0.347 e. The number of piperazine rings is 1. The number of halogens is 3.